The summed E-state index contributed by atoms with van der Waals surface area (Å²) in [5.74, 6) is -0.00751. The van der Waals surface area contributed by atoms with Crippen LogP contribution in [0, 0.1) is 0 Å². The molecular formula is C19H21ClN6O5S2. The smallest absolute Gasteiger partial charge is 0.390 e. The fourth-order valence-electron chi connectivity index (χ4n) is 2.49. The first kappa shape index (κ1) is 24.6. The Morgan fingerprint density at radius 1 is 1.27 bits per heavy atom. The van der Waals surface area contributed by atoms with E-state index in [-0.39, 0.29) is 24.5 Å². The molecule has 11 nitrogen and oxygen atoms in total. The number of thiophene rings is 1. The van der Waals surface area contributed by atoms with Crippen molar-refractivity contribution < 1.29 is 19.1 Å². The maximum absolute atomic E-state index is 12.4. The summed E-state index contributed by atoms with van der Waals surface area (Å²) in [6.45, 7) is 1.03. The van der Waals surface area contributed by atoms with E-state index in [1.807, 2.05) is 6.07 Å². The topological polar surface area (TPSA) is 128 Å². The summed E-state index contributed by atoms with van der Waals surface area (Å²) in [4.78, 5) is 42.7. The number of nitrogens with zero attached hydrogens (tertiary/aromatic N) is 4. The summed E-state index contributed by atoms with van der Waals surface area (Å²) in [5.41, 5.74) is 0.240. The molecule has 0 aliphatic rings. The van der Waals surface area contributed by atoms with Gasteiger partial charge in [-0.15, -0.1) is 27.8 Å². The van der Waals surface area contributed by atoms with E-state index in [1.165, 1.54) is 53.9 Å². The molecule has 3 rings (SSSR count). The van der Waals surface area contributed by atoms with Crippen LogP contribution in [0.25, 0.3) is 0 Å². The summed E-state index contributed by atoms with van der Waals surface area (Å²) in [5, 5.41) is 11.5. The number of hydrogen-bond acceptors (Lipinski definition) is 9. The van der Waals surface area contributed by atoms with E-state index in [0.29, 0.717) is 28.3 Å². The third-order valence-electron chi connectivity index (χ3n) is 4.08. The van der Waals surface area contributed by atoms with Crippen LogP contribution in [0.3, 0.4) is 0 Å². The predicted octanol–water partition coefficient (Wildman–Crippen LogP) is 3.01. The number of thiazole rings is 1. The standard InChI is InChI=1S/C19H21ClN6O5S2/c1-25(19(29)31-15-5-6-16(27)26(24-15)7-8-30-2)10-12-11-32-18(22-12)23-17(28)21-9-13-3-4-14(20)33-13/h3-6,11H,7-10H2,1-2H3,(H2,21,22,23,28). The third kappa shape index (κ3) is 7.53. The molecule has 0 fully saturated rings. The zero-order valence-electron chi connectivity index (χ0n) is 17.7. The molecule has 0 spiro atoms. The number of hydrogen-bond donors (Lipinski definition) is 2. The van der Waals surface area contributed by atoms with Crippen molar-refractivity contribution in [3.05, 3.63) is 54.9 Å². The Kier molecular flexibility index (Phi) is 8.77. The minimum absolute atomic E-state index is 0.00751. The van der Waals surface area contributed by atoms with Gasteiger partial charge in [0.1, 0.15) is 0 Å². The van der Waals surface area contributed by atoms with Crippen molar-refractivity contribution in [1.82, 2.24) is 25.0 Å². The van der Waals surface area contributed by atoms with E-state index in [1.54, 1.807) is 11.4 Å². The van der Waals surface area contributed by atoms with E-state index < -0.39 is 12.1 Å². The van der Waals surface area contributed by atoms with E-state index >= 15 is 0 Å². The maximum atomic E-state index is 12.4. The van der Waals surface area contributed by atoms with Gasteiger partial charge < -0.3 is 19.7 Å². The first-order valence-electron chi connectivity index (χ1n) is 9.57. The lowest BCUT2D eigenvalue weighted by molar-refractivity contribution is 0.155. The Morgan fingerprint density at radius 2 is 2.09 bits per heavy atom. The Labute approximate surface area is 201 Å². The van der Waals surface area contributed by atoms with Crippen LogP contribution in [0.1, 0.15) is 10.6 Å². The van der Waals surface area contributed by atoms with Gasteiger partial charge in [-0.25, -0.2) is 19.3 Å². The number of rotatable bonds is 9. The molecule has 3 amide bonds. The molecule has 0 saturated heterocycles. The average Bonchev–Trinajstić information content (AvgIpc) is 3.40. The number of urea groups is 1. The molecule has 3 aromatic heterocycles. The molecule has 0 saturated carbocycles. The number of carbonyl (C=O) groups is 2. The molecule has 3 aromatic rings. The monoisotopic (exact) mass is 512 g/mol. The van der Waals surface area contributed by atoms with Gasteiger partial charge in [0.05, 0.1) is 36.3 Å². The van der Waals surface area contributed by atoms with Crippen molar-refractivity contribution in [3.63, 3.8) is 0 Å². The van der Waals surface area contributed by atoms with Gasteiger partial charge in [0, 0.05) is 36.5 Å². The quantitative estimate of drug-likeness (QED) is 0.451. The van der Waals surface area contributed by atoms with Crippen LogP contribution in [-0.2, 0) is 24.4 Å². The van der Waals surface area contributed by atoms with Crippen molar-refractivity contribution in [1.29, 1.82) is 0 Å². The first-order valence-corrected chi connectivity index (χ1v) is 11.6. The lowest BCUT2D eigenvalue weighted by atomic mass is 10.4. The van der Waals surface area contributed by atoms with Crippen LogP contribution >= 0.6 is 34.3 Å². The lowest BCUT2D eigenvalue weighted by Crippen LogP contribution is -2.31. The molecule has 0 unspecified atom stereocenters. The highest BCUT2D eigenvalue weighted by molar-refractivity contribution is 7.16. The number of halogens is 1. The summed E-state index contributed by atoms with van der Waals surface area (Å²) >= 11 is 8.49. The van der Waals surface area contributed by atoms with Crippen LogP contribution < -0.4 is 20.9 Å². The van der Waals surface area contributed by atoms with E-state index in [2.05, 4.69) is 20.7 Å². The number of aromatic nitrogens is 3. The number of methoxy groups -OCH3 is 1. The second kappa shape index (κ2) is 11.7. The molecule has 3 heterocycles. The average molecular weight is 513 g/mol. The number of ether oxygens (including phenoxy) is 2. The molecule has 0 atom stereocenters. The van der Waals surface area contributed by atoms with Gasteiger partial charge in [0.2, 0.25) is 5.88 Å². The molecule has 0 bridgehead atoms. The Balaban J connectivity index is 1.49. The van der Waals surface area contributed by atoms with Crippen molar-refractivity contribution in [2.24, 2.45) is 0 Å². The normalized spacial score (nSPS) is 10.6. The second-order valence-electron chi connectivity index (χ2n) is 6.61. The highest BCUT2D eigenvalue weighted by Gasteiger charge is 2.16. The summed E-state index contributed by atoms with van der Waals surface area (Å²) in [6, 6.07) is 5.80. The molecule has 0 radical (unpaired) electrons. The lowest BCUT2D eigenvalue weighted by Gasteiger charge is -2.15. The number of nitrogens with one attached hydrogen (secondary N) is 2. The Hall–Kier alpha value is -3.00. The minimum Gasteiger partial charge on any atom is -0.390 e. The van der Waals surface area contributed by atoms with Gasteiger partial charge in [0.25, 0.3) is 5.56 Å². The maximum Gasteiger partial charge on any atom is 0.416 e. The van der Waals surface area contributed by atoms with Gasteiger partial charge >= 0.3 is 12.1 Å². The van der Waals surface area contributed by atoms with E-state index in [9.17, 15) is 14.4 Å². The summed E-state index contributed by atoms with van der Waals surface area (Å²) in [7, 11) is 3.05. The molecule has 0 aliphatic heterocycles. The molecule has 0 aromatic carbocycles. The fraction of sp³-hybridized carbons (Fsp3) is 0.316. The Bertz CT molecular complexity index is 1160. The zero-order valence-corrected chi connectivity index (χ0v) is 20.1. The largest absolute Gasteiger partial charge is 0.416 e. The van der Waals surface area contributed by atoms with Crippen LogP contribution in [-0.4, -0.2) is 52.6 Å². The Morgan fingerprint density at radius 3 is 2.82 bits per heavy atom. The van der Waals surface area contributed by atoms with E-state index in [0.717, 1.165) is 9.56 Å². The van der Waals surface area contributed by atoms with Gasteiger partial charge in [-0.3, -0.25) is 10.1 Å². The van der Waals surface area contributed by atoms with Crippen LogP contribution in [0.2, 0.25) is 4.34 Å². The van der Waals surface area contributed by atoms with Gasteiger partial charge in [-0.05, 0) is 12.1 Å². The minimum atomic E-state index is -0.672. The fourth-order valence-corrected chi connectivity index (χ4v) is 4.21. The van der Waals surface area contributed by atoms with Crippen LogP contribution in [0.5, 0.6) is 5.88 Å². The SMILES string of the molecule is COCCn1nc(OC(=O)N(C)Cc2csc(NC(=O)NCc3ccc(Cl)s3)n2)ccc1=O. The molecule has 2 N–H and O–H groups in total. The first-order chi connectivity index (χ1) is 15.8. The van der Waals surface area contributed by atoms with Crippen molar-refractivity contribution >= 4 is 51.5 Å². The number of amides is 3. The molecule has 14 heteroatoms. The third-order valence-corrected chi connectivity index (χ3v) is 6.11. The highest BCUT2D eigenvalue weighted by Crippen LogP contribution is 2.21. The van der Waals surface area contributed by atoms with Crippen LogP contribution in [0.4, 0.5) is 14.7 Å². The molecule has 0 aliphatic carbocycles. The van der Waals surface area contributed by atoms with Crippen LogP contribution in [0.15, 0.2) is 34.4 Å². The van der Waals surface area contributed by atoms with Gasteiger partial charge in [-0.2, -0.15) is 0 Å². The second-order valence-corrected chi connectivity index (χ2v) is 9.27. The predicted molar refractivity (Wildman–Crippen MR) is 125 cm³/mol. The van der Waals surface area contributed by atoms with Crippen molar-refractivity contribution in [3.8, 4) is 5.88 Å². The molecule has 176 valence electrons. The molecule has 33 heavy (non-hydrogen) atoms. The number of carbonyl (C=O) groups excluding carboxylic acids is 2. The van der Waals surface area contributed by atoms with Crippen molar-refractivity contribution in [2.75, 3.05) is 26.1 Å². The van der Waals surface area contributed by atoms with E-state index in [4.69, 9.17) is 21.1 Å². The van der Waals surface area contributed by atoms with Gasteiger partial charge in [-0.1, -0.05) is 11.6 Å². The zero-order chi connectivity index (χ0) is 23.8. The summed E-state index contributed by atoms with van der Waals surface area (Å²) in [6.07, 6.45) is -0.672. The molecular weight excluding hydrogens is 492 g/mol. The summed E-state index contributed by atoms with van der Waals surface area (Å²) < 4.78 is 12.0. The van der Waals surface area contributed by atoms with Gasteiger partial charge in [0.15, 0.2) is 5.13 Å². The number of anilines is 1. The highest BCUT2D eigenvalue weighted by atomic mass is 35.5. The van der Waals surface area contributed by atoms with Crippen molar-refractivity contribution in [2.45, 2.75) is 19.6 Å².